The van der Waals surface area contributed by atoms with Gasteiger partial charge in [-0.05, 0) is 72.8 Å². The molecule has 2 aliphatic rings. The van der Waals surface area contributed by atoms with Crippen molar-refractivity contribution in [2.45, 2.75) is 30.7 Å². The zero-order valence-corrected chi connectivity index (χ0v) is 30.2. The third kappa shape index (κ3) is 8.30. The number of alkyl halides is 6. The summed E-state index contributed by atoms with van der Waals surface area (Å²) in [5.41, 5.74) is 3.78. The van der Waals surface area contributed by atoms with E-state index in [1.165, 1.54) is 28.2 Å². The molecule has 2 aliphatic heterocycles. The fraction of sp³-hybridized carbons (Fsp3) is 0.371. The highest BCUT2D eigenvalue weighted by Gasteiger charge is 2.39. The Morgan fingerprint density at radius 3 is 1.57 bits per heavy atom. The molecule has 0 radical (unpaired) electrons. The molecule has 54 heavy (non-hydrogen) atoms. The van der Waals surface area contributed by atoms with E-state index in [0.717, 1.165) is 47.4 Å². The summed E-state index contributed by atoms with van der Waals surface area (Å²) in [6.07, 6.45) is -7.12. The first kappa shape index (κ1) is 37.2. The molecule has 2 aromatic carbocycles. The third-order valence-corrected chi connectivity index (χ3v) is 9.98. The Morgan fingerprint density at radius 1 is 0.593 bits per heavy atom. The van der Waals surface area contributed by atoms with Gasteiger partial charge >= 0.3 is 12.4 Å². The van der Waals surface area contributed by atoms with E-state index < -0.39 is 24.0 Å². The van der Waals surface area contributed by atoms with Crippen LogP contribution in [-0.2, 0) is 18.9 Å². The molecule has 6 heterocycles. The molecule has 0 bridgehead atoms. The Labute approximate surface area is 310 Å². The fourth-order valence-corrected chi connectivity index (χ4v) is 6.80. The SMILES string of the molecule is CSc1ccc(CN2CCN(c3ccc4nnc(C(F)(F)F)n4n3)CC2)cc1.Cc1cccc(N2CCN(c3ccc4nnc(C(F)(F)F)n4n3)CC2)c1. The summed E-state index contributed by atoms with van der Waals surface area (Å²) in [5, 5.41) is 21.8. The fourth-order valence-electron chi connectivity index (χ4n) is 6.39. The highest BCUT2D eigenvalue weighted by molar-refractivity contribution is 7.98. The van der Waals surface area contributed by atoms with Gasteiger partial charge in [-0.2, -0.15) is 35.4 Å². The van der Waals surface area contributed by atoms with Gasteiger partial charge in [0.1, 0.15) is 11.6 Å². The molecule has 0 aliphatic carbocycles. The number of fused-ring (bicyclic) bond motifs is 2. The Kier molecular flexibility index (Phi) is 10.5. The van der Waals surface area contributed by atoms with Gasteiger partial charge in [-0.15, -0.1) is 42.4 Å². The van der Waals surface area contributed by atoms with Crippen molar-refractivity contribution in [1.82, 2.24) is 44.5 Å². The molecular weight excluding hydrogens is 735 g/mol. The van der Waals surface area contributed by atoms with Crippen molar-refractivity contribution in [2.24, 2.45) is 0 Å². The average Bonchev–Trinajstić information content (AvgIpc) is 3.81. The molecule has 8 rings (SSSR count). The van der Waals surface area contributed by atoms with Crippen molar-refractivity contribution in [3.63, 3.8) is 0 Å². The average molecular weight is 771 g/mol. The minimum absolute atomic E-state index is 0.0828. The first-order valence-electron chi connectivity index (χ1n) is 17.1. The van der Waals surface area contributed by atoms with Crippen molar-refractivity contribution in [1.29, 1.82) is 0 Å². The van der Waals surface area contributed by atoms with Crippen molar-refractivity contribution < 1.29 is 26.3 Å². The number of hydrogen-bond donors (Lipinski definition) is 0. The lowest BCUT2D eigenvalue weighted by molar-refractivity contribution is -0.147. The Bertz CT molecular complexity index is 2190. The molecule has 284 valence electrons. The van der Waals surface area contributed by atoms with Gasteiger partial charge in [0.25, 0.3) is 11.6 Å². The van der Waals surface area contributed by atoms with E-state index in [9.17, 15) is 26.3 Å². The van der Waals surface area contributed by atoms with Crippen LogP contribution in [-0.4, -0.2) is 103 Å². The minimum atomic E-state index is -4.59. The third-order valence-electron chi connectivity index (χ3n) is 9.24. The molecule has 0 spiro atoms. The van der Waals surface area contributed by atoms with Crippen LogP contribution >= 0.6 is 11.8 Å². The van der Waals surface area contributed by atoms with E-state index in [4.69, 9.17) is 0 Å². The zero-order valence-electron chi connectivity index (χ0n) is 29.3. The number of rotatable bonds is 6. The molecule has 0 unspecified atom stereocenters. The van der Waals surface area contributed by atoms with E-state index in [-0.39, 0.29) is 11.3 Å². The lowest BCUT2D eigenvalue weighted by Gasteiger charge is -2.36. The topological polar surface area (TPSA) is 99.1 Å². The maximum Gasteiger partial charge on any atom is 0.453 e. The second-order valence-corrected chi connectivity index (χ2v) is 13.8. The van der Waals surface area contributed by atoms with Crippen LogP contribution < -0.4 is 14.7 Å². The smallest absolute Gasteiger partial charge is 0.368 e. The number of hydrogen-bond acceptors (Lipinski definition) is 11. The number of thioether (sulfide) groups is 1. The summed E-state index contributed by atoms with van der Waals surface area (Å²) in [5.74, 6) is -1.21. The van der Waals surface area contributed by atoms with Crippen molar-refractivity contribution in [2.75, 3.05) is 73.3 Å². The maximum absolute atomic E-state index is 13.0. The molecule has 12 nitrogen and oxygen atoms in total. The van der Waals surface area contributed by atoms with Gasteiger partial charge in [0, 0.05) is 69.5 Å². The van der Waals surface area contributed by atoms with Gasteiger partial charge in [-0.3, -0.25) is 4.90 Å². The second kappa shape index (κ2) is 15.3. The number of anilines is 3. The number of halogens is 6. The number of nitrogens with zero attached hydrogens (tertiary/aromatic N) is 12. The summed E-state index contributed by atoms with van der Waals surface area (Å²) in [7, 11) is 0. The monoisotopic (exact) mass is 770 g/mol. The van der Waals surface area contributed by atoms with E-state index in [0.29, 0.717) is 37.8 Å². The number of aromatic nitrogens is 8. The van der Waals surface area contributed by atoms with Crippen molar-refractivity contribution in [3.8, 4) is 0 Å². The van der Waals surface area contributed by atoms with E-state index in [2.05, 4.69) is 96.0 Å². The Morgan fingerprint density at radius 2 is 1.09 bits per heavy atom. The highest BCUT2D eigenvalue weighted by atomic mass is 32.2. The van der Waals surface area contributed by atoms with Gasteiger partial charge in [-0.1, -0.05) is 24.3 Å². The molecule has 6 aromatic rings. The summed E-state index contributed by atoms with van der Waals surface area (Å²) < 4.78 is 79.7. The van der Waals surface area contributed by atoms with Crippen molar-refractivity contribution in [3.05, 3.63) is 95.6 Å². The maximum atomic E-state index is 13.0. The zero-order chi connectivity index (χ0) is 38.0. The first-order chi connectivity index (χ1) is 25.9. The molecule has 0 amide bonds. The van der Waals surface area contributed by atoms with Crippen LogP contribution in [0.15, 0.2) is 77.7 Å². The van der Waals surface area contributed by atoms with Gasteiger partial charge in [0.05, 0.1) is 0 Å². The van der Waals surface area contributed by atoms with Crippen LogP contribution in [0.25, 0.3) is 11.3 Å². The lowest BCUT2D eigenvalue weighted by Crippen LogP contribution is -2.47. The van der Waals surface area contributed by atoms with Gasteiger partial charge < -0.3 is 14.7 Å². The predicted molar refractivity (Wildman–Crippen MR) is 193 cm³/mol. The lowest BCUT2D eigenvalue weighted by atomic mass is 10.2. The number of benzene rings is 2. The molecule has 0 N–H and O–H groups in total. The van der Waals surface area contributed by atoms with Crippen LogP contribution in [0.5, 0.6) is 0 Å². The molecule has 4 aromatic heterocycles. The Hall–Kier alpha value is -5.17. The Balaban J connectivity index is 0.000000167. The number of piperazine rings is 2. The van der Waals surface area contributed by atoms with Crippen LogP contribution in [0.4, 0.5) is 43.7 Å². The molecule has 0 atom stereocenters. The highest BCUT2D eigenvalue weighted by Crippen LogP contribution is 2.30. The van der Waals surface area contributed by atoms with E-state index in [1.54, 1.807) is 23.9 Å². The van der Waals surface area contributed by atoms with Crippen LogP contribution in [0.1, 0.15) is 22.8 Å². The normalized spacial score (nSPS) is 15.9. The molecule has 2 saturated heterocycles. The van der Waals surface area contributed by atoms with Crippen molar-refractivity contribution >= 4 is 40.4 Å². The summed E-state index contributed by atoms with van der Waals surface area (Å²) in [6, 6.07) is 23.2. The minimum Gasteiger partial charge on any atom is -0.368 e. The van der Waals surface area contributed by atoms with Gasteiger partial charge in [0.15, 0.2) is 11.3 Å². The summed E-state index contributed by atoms with van der Waals surface area (Å²) >= 11 is 1.72. The molecule has 19 heteroatoms. The molecular formula is C35H36F6N12S. The van der Waals surface area contributed by atoms with E-state index >= 15 is 0 Å². The molecule has 2 fully saturated rings. The van der Waals surface area contributed by atoms with Crippen LogP contribution in [0.3, 0.4) is 0 Å². The quantitative estimate of drug-likeness (QED) is 0.148. The summed E-state index contributed by atoms with van der Waals surface area (Å²) in [4.78, 5) is 9.81. The van der Waals surface area contributed by atoms with Gasteiger partial charge in [0.2, 0.25) is 0 Å². The first-order valence-corrected chi connectivity index (χ1v) is 18.3. The summed E-state index contributed by atoms with van der Waals surface area (Å²) in [6.45, 7) is 8.85. The second-order valence-electron chi connectivity index (χ2n) is 12.9. The van der Waals surface area contributed by atoms with E-state index in [1.807, 2.05) is 15.9 Å². The van der Waals surface area contributed by atoms with Crippen LogP contribution in [0.2, 0.25) is 0 Å². The number of aryl methyl sites for hydroxylation is 1. The van der Waals surface area contributed by atoms with Gasteiger partial charge in [-0.25, -0.2) is 0 Å². The van der Waals surface area contributed by atoms with Crippen LogP contribution in [0, 0.1) is 6.92 Å². The standard InChI is InChI=1S/C18H19F3N6S.C17H17F3N6/c1-28-14-4-2-13(3-5-14)12-25-8-10-26(11-9-25)16-7-6-15-22-23-17(18(19,20)21)27(15)24-16;1-12-3-2-4-13(11-12)24-7-9-25(10-8-24)15-6-5-14-21-22-16(17(18,19)20)26(14)23-15/h2-7H,8-12H2,1H3;2-6,11H,7-10H2,1H3. The predicted octanol–water partition coefficient (Wildman–Crippen LogP) is 5.97. The molecule has 0 saturated carbocycles. The largest absolute Gasteiger partial charge is 0.453 e.